The molecule has 0 aromatic heterocycles. The van der Waals surface area contributed by atoms with Crippen LogP contribution in [0, 0.1) is 0 Å². The van der Waals surface area contributed by atoms with Crippen LogP contribution < -0.4 is 0 Å². The van der Waals surface area contributed by atoms with Crippen molar-refractivity contribution in [3.63, 3.8) is 0 Å². The molecule has 1 fully saturated rings. The van der Waals surface area contributed by atoms with Crippen molar-refractivity contribution in [2.75, 3.05) is 27.0 Å². The Morgan fingerprint density at radius 3 is 2.79 bits per heavy atom. The van der Waals surface area contributed by atoms with Gasteiger partial charge < -0.3 is 14.4 Å². The number of methoxy groups -OCH3 is 1. The predicted octanol–water partition coefficient (Wildman–Crippen LogP) is 0.146. The standard InChI is InChI=1S/C9H15NO4/c1-13-9(12)4-2-3-8(11)10-5-6-14-7-10/h2-7H2,1H3. The zero-order chi connectivity index (χ0) is 10.4. The van der Waals surface area contributed by atoms with Gasteiger partial charge in [-0.2, -0.15) is 0 Å². The molecule has 0 aromatic carbocycles. The van der Waals surface area contributed by atoms with E-state index in [1.54, 1.807) is 4.90 Å². The van der Waals surface area contributed by atoms with E-state index in [4.69, 9.17) is 4.74 Å². The molecule has 1 amide bonds. The second kappa shape index (κ2) is 5.59. The van der Waals surface area contributed by atoms with Gasteiger partial charge in [0.1, 0.15) is 6.73 Å². The van der Waals surface area contributed by atoms with E-state index in [2.05, 4.69) is 4.74 Å². The van der Waals surface area contributed by atoms with Gasteiger partial charge in [-0.15, -0.1) is 0 Å². The maximum atomic E-state index is 11.4. The molecule has 5 heteroatoms. The average molecular weight is 201 g/mol. The second-order valence-electron chi connectivity index (χ2n) is 3.12. The highest BCUT2D eigenvalue weighted by atomic mass is 16.5. The van der Waals surface area contributed by atoms with E-state index in [0.29, 0.717) is 39.1 Å². The molecule has 0 aliphatic carbocycles. The van der Waals surface area contributed by atoms with Crippen LogP contribution in [0.2, 0.25) is 0 Å². The summed E-state index contributed by atoms with van der Waals surface area (Å²) in [6.45, 7) is 1.66. The third kappa shape index (κ3) is 3.33. The molecule has 80 valence electrons. The lowest BCUT2D eigenvalue weighted by Gasteiger charge is -2.12. The molecule has 0 spiro atoms. The average Bonchev–Trinajstić information content (AvgIpc) is 2.70. The first-order chi connectivity index (χ1) is 6.74. The Bertz CT molecular complexity index is 211. The second-order valence-corrected chi connectivity index (χ2v) is 3.12. The molecule has 1 aliphatic heterocycles. The molecule has 1 rings (SSSR count). The van der Waals surface area contributed by atoms with E-state index in [9.17, 15) is 9.59 Å². The van der Waals surface area contributed by atoms with E-state index < -0.39 is 0 Å². The minimum atomic E-state index is -0.268. The number of rotatable bonds is 4. The van der Waals surface area contributed by atoms with Crippen molar-refractivity contribution in [3.8, 4) is 0 Å². The highest BCUT2D eigenvalue weighted by molar-refractivity contribution is 5.77. The molecule has 5 nitrogen and oxygen atoms in total. The van der Waals surface area contributed by atoms with Gasteiger partial charge in [-0.05, 0) is 6.42 Å². The molecule has 0 radical (unpaired) electrons. The fourth-order valence-electron chi connectivity index (χ4n) is 1.25. The Morgan fingerprint density at radius 1 is 1.43 bits per heavy atom. The largest absolute Gasteiger partial charge is 0.469 e. The summed E-state index contributed by atoms with van der Waals surface area (Å²) in [4.78, 5) is 23.8. The van der Waals surface area contributed by atoms with Gasteiger partial charge in [0.05, 0.1) is 13.7 Å². The lowest BCUT2D eigenvalue weighted by molar-refractivity contribution is -0.140. The molecule has 14 heavy (non-hydrogen) atoms. The van der Waals surface area contributed by atoms with Crippen molar-refractivity contribution >= 4 is 11.9 Å². The van der Waals surface area contributed by atoms with E-state index in [1.807, 2.05) is 0 Å². The van der Waals surface area contributed by atoms with E-state index >= 15 is 0 Å². The highest BCUT2D eigenvalue weighted by Crippen LogP contribution is 2.05. The molecule has 0 atom stereocenters. The van der Waals surface area contributed by atoms with Crippen molar-refractivity contribution in [3.05, 3.63) is 0 Å². The molecular weight excluding hydrogens is 186 g/mol. The normalized spacial score (nSPS) is 15.6. The predicted molar refractivity (Wildman–Crippen MR) is 48.4 cm³/mol. The Labute approximate surface area is 83.0 Å². The Balaban J connectivity index is 2.11. The topological polar surface area (TPSA) is 55.8 Å². The van der Waals surface area contributed by atoms with Crippen LogP contribution in [-0.2, 0) is 19.1 Å². The highest BCUT2D eigenvalue weighted by Gasteiger charge is 2.17. The molecule has 1 aliphatic rings. The Kier molecular flexibility index (Phi) is 4.39. The van der Waals surface area contributed by atoms with E-state index in [-0.39, 0.29) is 11.9 Å². The summed E-state index contributed by atoms with van der Waals surface area (Å²) in [5, 5.41) is 0. The lowest BCUT2D eigenvalue weighted by atomic mass is 10.2. The summed E-state index contributed by atoms with van der Waals surface area (Å²) in [6.07, 6.45) is 1.23. The SMILES string of the molecule is COC(=O)CCCC(=O)N1CCOC1. The lowest BCUT2D eigenvalue weighted by Crippen LogP contribution is -2.27. The zero-order valence-corrected chi connectivity index (χ0v) is 8.32. The van der Waals surface area contributed by atoms with Gasteiger partial charge in [-0.25, -0.2) is 0 Å². The van der Waals surface area contributed by atoms with Crippen LogP contribution in [0.1, 0.15) is 19.3 Å². The van der Waals surface area contributed by atoms with Crippen molar-refractivity contribution in [2.24, 2.45) is 0 Å². The van der Waals surface area contributed by atoms with Crippen molar-refractivity contribution < 1.29 is 19.1 Å². The van der Waals surface area contributed by atoms with Crippen LogP contribution in [0.15, 0.2) is 0 Å². The molecule has 1 heterocycles. The zero-order valence-electron chi connectivity index (χ0n) is 8.32. The molecule has 1 saturated heterocycles. The van der Waals surface area contributed by atoms with Gasteiger partial charge in [0, 0.05) is 19.4 Å². The Hall–Kier alpha value is -1.10. The van der Waals surface area contributed by atoms with Crippen LogP contribution in [0.5, 0.6) is 0 Å². The van der Waals surface area contributed by atoms with E-state index in [0.717, 1.165) is 0 Å². The molecule has 0 saturated carbocycles. The molecule has 0 N–H and O–H groups in total. The molecule has 0 unspecified atom stereocenters. The van der Waals surface area contributed by atoms with Gasteiger partial charge in [-0.1, -0.05) is 0 Å². The summed E-state index contributed by atoms with van der Waals surface area (Å²) in [6, 6.07) is 0. The minimum Gasteiger partial charge on any atom is -0.469 e. The number of nitrogens with zero attached hydrogens (tertiary/aromatic N) is 1. The third-order valence-corrected chi connectivity index (χ3v) is 2.10. The summed E-state index contributed by atoms with van der Waals surface area (Å²) >= 11 is 0. The number of carbonyl (C=O) groups excluding carboxylic acids is 2. The van der Waals surface area contributed by atoms with Crippen molar-refractivity contribution in [2.45, 2.75) is 19.3 Å². The Morgan fingerprint density at radius 2 is 2.21 bits per heavy atom. The van der Waals surface area contributed by atoms with Gasteiger partial charge in [0.15, 0.2) is 0 Å². The molecule has 0 bridgehead atoms. The first-order valence-electron chi connectivity index (χ1n) is 4.66. The summed E-state index contributed by atoms with van der Waals surface area (Å²) in [7, 11) is 1.35. The smallest absolute Gasteiger partial charge is 0.305 e. The van der Waals surface area contributed by atoms with Crippen molar-refractivity contribution in [1.29, 1.82) is 0 Å². The van der Waals surface area contributed by atoms with Crippen LogP contribution in [-0.4, -0.2) is 43.8 Å². The number of esters is 1. The summed E-state index contributed by atoms with van der Waals surface area (Å²) in [5.41, 5.74) is 0. The summed E-state index contributed by atoms with van der Waals surface area (Å²) < 4.78 is 9.51. The van der Waals surface area contributed by atoms with Gasteiger partial charge in [0.2, 0.25) is 5.91 Å². The van der Waals surface area contributed by atoms with Gasteiger partial charge in [0.25, 0.3) is 0 Å². The molecular formula is C9H15NO4. The van der Waals surface area contributed by atoms with Crippen molar-refractivity contribution in [1.82, 2.24) is 4.90 Å². The fourth-order valence-corrected chi connectivity index (χ4v) is 1.25. The van der Waals surface area contributed by atoms with Crippen LogP contribution in [0.25, 0.3) is 0 Å². The van der Waals surface area contributed by atoms with Crippen LogP contribution >= 0.6 is 0 Å². The number of amides is 1. The van der Waals surface area contributed by atoms with Gasteiger partial charge >= 0.3 is 5.97 Å². The first kappa shape index (κ1) is 11.0. The number of hydrogen-bond acceptors (Lipinski definition) is 4. The summed E-state index contributed by atoms with van der Waals surface area (Å²) in [5.74, 6) is -0.220. The molecule has 0 aromatic rings. The number of ether oxygens (including phenoxy) is 2. The first-order valence-corrected chi connectivity index (χ1v) is 4.66. The third-order valence-electron chi connectivity index (χ3n) is 2.10. The van der Waals surface area contributed by atoms with Crippen LogP contribution in [0.4, 0.5) is 0 Å². The number of hydrogen-bond donors (Lipinski definition) is 0. The van der Waals surface area contributed by atoms with Crippen LogP contribution in [0.3, 0.4) is 0 Å². The maximum Gasteiger partial charge on any atom is 0.305 e. The minimum absolute atomic E-state index is 0.0476. The fraction of sp³-hybridized carbons (Fsp3) is 0.778. The van der Waals surface area contributed by atoms with E-state index in [1.165, 1.54) is 7.11 Å². The maximum absolute atomic E-state index is 11.4. The number of carbonyl (C=O) groups is 2. The van der Waals surface area contributed by atoms with Gasteiger partial charge in [-0.3, -0.25) is 9.59 Å². The quantitative estimate of drug-likeness (QED) is 0.607. The monoisotopic (exact) mass is 201 g/mol.